The van der Waals surface area contributed by atoms with Crippen LogP contribution in [-0.4, -0.2) is 24.0 Å². The van der Waals surface area contributed by atoms with E-state index in [1.54, 1.807) is 11.1 Å². The van der Waals surface area contributed by atoms with Gasteiger partial charge in [0.1, 0.15) is 0 Å². The van der Waals surface area contributed by atoms with Crippen molar-refractivity contribution in [2.45, 2.75) is 38.1 Å². The number of aryl methyl sites for hydroxylation is 1. The Morgan fingerprint density at radius 3 is 2.65 bits per heavy atom. The van der Waals surface area contributed by atoms with E-state index in [4.69, 9.17) is 0 Å². The van der Waals surface area contributed by atoms with Crippen LogP contribution in [0.15, 0.2) is 22.7 Å². The molecule has 1 saturated heterocycles. The Bertz CT molecular complexity index is 388. The lowest BCUT2D eigenvalue weighted by Gasteiger charge is -2.32. The number of hydrogen-bond donors (Lipinski definition) is 0. The molecule has 0 amide bonds. The van der Waals surface area contributed by atoms with E-state index in [0.717, 1.165) is 6.04 Å². The Labute approximate surface area is 118 Å². The molecule has 94 valence electrons. The van der Waals surface area contributed by atoms with Crippen molar-refractivity contribution in [1.82, 2.24) is 4.90 Å². The molecule has 3 rings (SSSR count). The third-order valence-corrected chi connectivity index (χ3v) is 4.52. The van der Waals surface area contributed by atoms with Crippen LogP contribution in [0.5, 0.6) is 0 Å². The molecule has 1 heterocycles. The summed E-state index contributed by atoms with van der Waals surface area (Å²) >= 11 is 3.56. The number of likely N-dealkylation sites (tertiary alicyclic amines) is 1. The summed E-state index contributed by atoms with van der Waals surface area (Å²) in [5.74, 6) is 0. The largest absolute Gasteiger partial charge is 0.300 e. The second-order valence-electron chi connectivity index (χ2n) is 5.05. The smallest absolute Gasteiger partial charge is 0.0178 e. The molecule has 1 nitrogen and oxygen atoms in total. The maximum Gasteiger partial charge on any atom is 0.0178 e. The van der Waals surface area contributed by atoms with Crippen LogP contribution in [0.1, 0.15) is 30.4 Å². The first-order valence-corrected chi connectivity index (χ1v) is 7.13. The van der Waals surface area contributed by atoms with Gasteiger partial charge in [0.05, 0.1) is 0 Å². The second-order valence-corrected chi connectivity index (χ2v) is 5.97. The minimum atomic E-state index is 0. The molecule has 1 fully saturated rings. The highest BCUT2D eigenvalue weighted by Gasteiger charge is 2.25. The van der Waals surface area contributed by atoms with Crippen LogP contribution in [0.3, 0.4) is 0 Å². The van der Waals surface area contributed by atoms with Gasteiger partial charge in [-0.3, -0.25) is 0 Å². The first kappa shape index (κ1) is 13.4. The van der Waals surface area contributed by atoms with Crippen molar-refractivity contribution in [1.29, 1.82) is 0 Å². The average molecular weight is 317 g/mol. The summed E-state index contributed by atoms with van der Waals surface area (Å²) in [6.07, 6.45) is 6.69. The minimum Gasteiger partial charge on any atom is -0.300 e. The average Bonchev–Trinajstić information content (AvgIpc) is 2.82. The summed E-state index contributed by atoms with van der Waals surface area (Å²) in [6.45, 7) is 2.66. The first-order chi connectivity index (χ1) is 7.83. The Hall–Kier alpha value is -0.0500. The fourth-order valence-electron chi connectivity index (χ4n) is 3.12. The van der Waals surface area contributed by atoms with Crippen LogP contribution < -0.4 is 0 Å². The van der Waals surface area contributed by atoms with E-state index < -0.39 is 0 Å². The molecular weight excluding hydrogens is 298 g/mol. The SMILES string of the molecule is Brc1ccc2c(c1)CCC(N1CCCC1)C2.Cl. The van der Waals surface area contributed by atoms with Gasteiger partial charge in [-0.25, -0.2) is 0 Å². The van der Waals surface area contributed by atoms with Crippen molar-refractivity contribution in [3.8, 4) is 0 Å². The molecule has 0 aromatic heterocycles. The Balaban J connectivity index is 0.00000108. The van der Waals surface area contributed by atoms with Gasteiger partial charge in [0.2, 0.25) is 0 Å². The molecular formula is C14H19BrClN. The Morgan fingerprint density at radius 1 is 1.12 bits per heavy atom. The van der Waals surface area contributed by atoms with Crippen molar-refractivity contribution in [2.24, 2.45) is 0 Å². The third-order valence-electron chi connectivity index (χ3n) is 4.03. The third kappa shape index (κ3) is 2.86. The van der Waals surface area contributed by atoms with E-state index in [-0.39, 0.29) is 12.4 Å². The van der Waals surface area contributed by atoms with E-state index in [0.29, 0.717) is 0 Å². The monoisotopic (exact) mass is 315 g/mol. The molecule has 1 aliphatic carbocycles. The number of rotatable bonds is 1. The highest BCUT2D eigenvalue weighted by atomic mass is 79.9. The zero-order valence-electron chi connectivity index (χ0n) is 9.99. The molecule has 1 aromatic carbocycles. The quantitative estimate of drug-likeness (QED) is 0.761. The van der Waals surface area contributed by atoms with Gasteiger partial charge in [-0.05, 0) is 68.5 Å². The summed E-state index contributed by atoms with van der Waals surface area (Å²) in [7, 11) is 0. The molecule has 1 aromatic rings. The molecule has 1 unspecified atom stereocenters. The second kappa shape index (κ2) is 5.73. The van der Waals surface area contributed by atoms with Gasteiger partial charge in [-0.15, -0.1) is 12.4 Å². The molecule has 17 heavy (non-hydrogen) atoms. The molecule has 0 bridgehead atoms. The molecule has 2 aliphatic rings. The van der Waals surface area contributed by atoms with Crippen LogP contribution in [0.2, 0.25) is 0 Å². The standard InChI is InChI=1S/C14H18BrN.ClH/c15-13-5-3-12-10-14(6-4-11(12)9-13)16-7-1-2-8-16;/h3,5,9,14H,1-2,4,6-8,10H2;1H. The highest BCUT2D eigenvalue weighted by molar-refractivity contribution is 9.10. The molecule has 1 aliphatic heterocycles. The number of benzene rings is 1. The normalized spacial score (nSPS) is 24.2. The maximum atomic E-state index is 3.56. The number of hydrogen-bond acceptors (Lipinski definition) is 1. The Morgan fingerprint density at radius 2 is 1.88 bits per heavy atom. The Kier molecular flexibility index (Phi) is 4.51. The molecule has 0 spiro atoms. The van der Waals surface area contributed by atoms with Crippen molar-refractivity contribution in [2.75, 3.05) is 13.1 Å². The van der Waals surface area contributed by atoms with Gasteiger partial charge in [0.25, 0.3) is 0 Å². The van der Waals surface area contributed by atoms with Crippen LogP contribution >= 0.6 is 28.3 Å². The van der Waals surface area contributed by atoms with Crippen molar-refractivity contribution >= 4 is 28.3 Å². The predicted molar refractivity (Wildman–Crippen MR) is 78.0 cm³/mol. The molecule has 1 atom stereocenters. The van der Waals surface area contributed by atoms with Gasteiger partial charge in [0.15, 0.2) is 0 Å². The van der Waals surface area contributed by atoms with Gasteiger partial charge < -0.3 is 4.90 Å². The lowest BCUT2D eigenvalue weighted by molar-refractivity contribution is 0.222. The topological polar surface area (TPSA) is 3.24 Å². The van der Waals surface area contributed by atoms with Crippen LogP contribution in [0, 0.1) is 0 Å². The van der Waals surface area contributed by atoms with E-state index >= 15 is 0 Å². The minimum absolute atomic E-state index is 0. The zero-order chi connectivity index (χ0) is 11.0. The number of halogens is 2. The first-order valence-electron chi connectivity index (χ1n) is 6.34. The van der Waals surface area contributed by atoms with E-state index in [1.165, 1.54) is 49.7 Å². The molecule has 3 heteroatoms. The lowest BCUT2D eigenvalue weighted by atomic mass is 9.88. The number of fused-ring (bicyclic) bond motifs is 1. The van der Waals surface area contributed by atoms with Gasteiger partial charge in [-0.2, -0.15) is 0 Å². The van der Waals surface area contributed by atoms with Gasteiger partial charge >= 0.3 is 0 Å². The van der Waals surface area contributed by atoms with Gasteiger partial charge in [-0.1, -0.05) is 22.0 Å². The summed E-state index contributed by atoms with van der Waals surface area (Å²) in [5, 5.41) is 0. The van der Waals surface area contributed by atoms with E-state index in [9.17, 15) is 0 Å². The highest BCUT2D eigenvalue weighted by Crippen LogP contribution is 2.28. The fraction of sp³-hybridized carbons (Fsp3) is 0.571. The summed E-state index contributed by atoms with van der Waals surface area (Å²) < 4.78 is 1.23. The molecule has 0 saturated carbocycles. The molecule has 0 radical (unpaired) electrons. The van der Waals surface area contributed by atoms with E-state index in [2.05, 4.69) is 39.0 Å². The maximum absolute atomic E-state index is 3.56. The summed E-state index contributed by atoms with van der Waals surface area (Å²) in [6, 6.07) is 7.61. The van der Waals surface area contributed by atoms with Gasteiger partial charge in [0, 0.05) is 10.5 Å². The lowest BCUT2D eigenvalue weighted by Crippen LogP contribution is -2.37. The molecule has 0 N–H and O–H groups in total. The van der Waals surface area contributed by atoms with Crippen LogP contribution in [-0.2, 0) is 12.8 Å². The van der Waals surface area contributed by atoms with Crippen molar-refractivity contribution in [3.05, 3.63) is 33.8 Å². The zero-order valence-corrected chi connectivity index (χ0v) is 12.4. The number of nitrogens with zero attached hydrogens (tertiary/aromatic N) is 1. The van der Waals surface area contributed by atoms with Crippen LogP contribution in [0.4, 0.5) is 0 Å². The van der Waals surface area contributed by atoms with Crippen molar-refractivity contribution in [3.63, 3.8) is 0 Å². The fourth-order valence-corrected chi connectivity index (χ4v) is 3.53. The van der Waals surface area contributed by atoms with Crippen molar-refractivity contribution < 1.29 is 0 Å². The summed E-state index contributed by atoms with van der Waals surface area (Å²) in [4.78, 5) is 2.70. The van der Waals surface area contributed by atoms with E-state index in [1.807, 2.05) is 0 Å². The summed E-state index contributed by atoms with van der Waals surface area (Å²) in [5.41, 5.74) is 3.14. The predicted octanol–water partition coefficient (Wildman–Crippen LogP) is 3.82. The van der Waals surface area contributed by atoms with Crippen LogP contribution in [0.25, 0.3) is 0 Å².